The van der Waals surface area contributed by atoms with E-state index in [9.17, 15) is 13.2 Å². The highest BCUT2D eigenvalue weighted by Gasteiger charge is 2.31. The zero-order chi connectivity index (χ0) is 18.9. The Labute approximate surface area is 162 Å². The van der Waals surface area contributed by atoms with Crippen molar-refractivity contribution in [3.05, 3.63) is 41.5 Å². The molecule has 0 unspecified atom stereocenters. The van der Waals surface area contributed by atoms with Crippen LogP contribution in [0.4, 0.5) is 0 Å². The fourth-order valence-electron chi connectivity index (χ4n) is 4.42. The summed E-state index contributed by atoms with van der Waals surface area (Å²) >= 11 is 0. The van der Waals surface area contributed by atoms with Gasteiger partial charge in [0.15, 0.2) is 0 Å². The lowest BCUT2D eigenvalue weighted by atomic mass is 9.92. The van der Waals surface area contributed by atoms with Gasteiger partial charge in [-0.05, 0) is 67.7 Å². The molecule has 0 aromatic heterocycles. The molecule has 5 nitrogen and oxygen atoms in total. The topological polar surface area (TPSA) is 57.7 Å². The third-order valence-electron chi connectivity index (χ3n) is 6.10. The highest BCUT2D eigenvalue weighted by atomic mass is 32.2. The molecule has 1 saturated heterocycles. The van der Waals surface area contributed by atoms with Gasteiger partial charge in [0.2, 0.25) is 15.9 Å². The predicted molar refractivity (Wildman–Crippen MR) is 105 cm³/mol. The molecular formula is C21H28N2O3S. The number of hydrogen-bond donors (Lipinski definition) is 0. The summed E-state index contributed by atoms with van der Waals surface area (Å²) in [6, 6.07) is 5.60. The van der Waals surface area contributed by atoms with Crippen molar-refractivity contribution in [2.24, 2.45) is 5.92 Å². The Balaban J connectivity index is 1.39. The summed E-state index contributed by atoms with van der Waals surface area (Å²) in [6.45, 7) is 1.73. The summed E-state index contributed by atoms with van der Waals surface area (Å²) in [5, 5.41) is 0. The molecule has 146 valence electrons. The number of carbonyl (C=O) groups excluding carboxylic acids is 1. The van der Waals surface area contributed by atoms with Crippen molar-refractivity contribution in [1.29, 1.82) is 0 Å². The molecule has 1 fully saturated rings. The van der Waals surface area contributed by atoms with E-state index in [-0.39, 0.29) is 5.91 Å². The van der Waals surface area contributed by atoms with Crippen LogP contribution < -0.4 is 0 Å². The van der Waals surface area contributed by atoms with Gasteiger partial charge in [0.05, 0.1) is 4.90 Å². The first-order valence-corrected chi connectivity index (χ1v) is 11.5. The average Bonchev–Trinajstić information content (AvgIpc) is 3.20. The Morgan fingerprint density at radius 1 is 1.04 bits per heavy atom. The molecular weight excluding hydrogens is 360 g/mol. The van der Waals surface area contributed by atoms with Crippen LogP contribution in [0.15, 0.2) is 35.2 Å². The van der Waals surface area contributed by atoms with Crippen molar-refractivity contribution in [1.82, 2.24) is 9.21 Å². The van der Waals surface area contributed by atoms with E-state index in [0.717, 1.165) is 32.1 Å². The lowest BCUT2D eigenvalue weighted by Gasteiger charge is -2.34. The molecule has 6 heteroatoms. The Morgan fingerprint density at radius 3 is 2.48 bits per heavy atom. The number of fused-ring (bicyclic) bond motifs is 1. The molecule has 4 rings (SSSR count). The number of allylic oxidation sites excluding steroid dienone is 2. The molecule has 27 heavy (non-hydrogen) atoms. The van der Waals surface area contributed by atoms with Crippen LogP contribution in [-0.2, 0) is 27.7 Å². The number of benzene rings is 1. The van der Waals surface area contributed by atoms with Crippen LogP contribution in [0, 0.1) is 5.92 Å². The Morgan fingerprint density at radius 2 is 1.78 bits per heavy atom. The second-order valence-corrected chi connectivity index (χ2v) is 9.83. The van der Waals surface area contributed by atoms with Crippen LogP contribution in [0.25, 0.3) is 0 Å². The molecule has 0 spiro atoms. The van der Waals surface area contributed by atoms with Gasteiger partial charge in [-0.1, -0.05) is 18.2 Å². The number of sulfonamides is 1. The van der Waals surface area contributed by atoms with Crippen molar-refractivity contribution in [2.45, 2.75) is 49.8 Å². The lowest BCUT2D eigenvalue weighted by molar-refractivity contribution is -0.133. The summed E-state index contributed by atoms with van der Waals surface area (Å²) in [6.07, 6.45) is 11.3. The number of carbonyl (C=O) groups is 1. The number of nitrogens with zero attached hydrogens (tertiary/aromatic N) is 2. The lowest BCUT2D eigenvalue weighted by Crippen LogP contribution is -2.50. The van der Waals surface area contributed by atoms with Crippen LogP contribution in [0.1, 0.15) is 43.2 Å². The zero-order valence-corrected chi connectivity index (χ0v) is 16.6. The summed E-state index contributed by atoms with van der Waals surface area (Å²) in [4.78, 5) is 14.7. The third-order valence-corrected chi connectivity index (χ3v) is 7.99. The summed E-state index contributed by atoms with van der Waals surface area (Å²) in [7, 11) is -3.48. The van der Waals surface area contributed by atoms with E-state index in [1.807, 2.05) is 17.0 Å². The molecule has 1 atom stereocenters. The minimum Gasteiger partial charge on any atom is -0.340 e. The summed E-state index contributed by atoms with van der Waals surface area (Å²) in [5.74, 6) is 0.507. The van der Waals surface area contributed by atoms with Crippen LogP contribution in [-0.4, -0.2) is 49.7 Å². The van der Waals surface area contributed by atoms with Crippen molar-refractivity contribution < 1.29 is 13.2 Å². The van der Waals surface area contributed by atoms with E-state index in [0.29, 0.717) is 43.4 Å². The molecule has 1 heterocycles. The van der Waals surface area contributed by atoms with E-state index in [1.54, 1.807) is 6.07 Å². The SMILES string of the molecule is O=C(C[C@@H]1C=CCC1)N1CCN(S(=O)(=O)c2ccc3c(c2)CCCC3)CC1. The quantitative estimate of drug-likeness (QED) is 0.745. The number of amides is 1. The van der Waals surface area contributed by atoms with E-state index in [4.69, 9.17) is 0 Å². The van der Waals surface area contributed by atoms with Gasteiger partial charge in [-0.3, -0.25) is 4.79 Å². The van der Waals surface area contributed by atoms with E-state index >= 15 is 0 Å². The van der Waals surface area contributed by atoms with E-state index in [2.05, 4.69) is 12.2 Å². The standard InChI is InChI=1S/C21H28N2O3S/c24-21(15-17-5-1-2-6-17)22-11-13-23(14-12-22)27(25,26)20-10-9-18-7-3-4-8-19(18)16-20/h1,5,9-10,16-17H,2-4,6-8,11-15H2/t17-/m1/s1. The first-order valence-electron chi connectivity index (χ1n) is 10.1. The Hall–Kier alpha value is -1.66. The highest BCUT2D eigenvalue weighted by molar-refractivity contribution is 7.89. The van der Waals surface area contributed by atoms with Gasteiger partial charge in [-0.2, -0.15) is 4.31 Å². The smallest absolute Gasteiger partial charge is 0.243 e. The number of aryl methyl sites for hydroxylation is 2. The van der Waals surface area contributed by atoms with Crippen LogP contribution in [0.2, 0.25) is 0 Å². The molecule has 2 aliphatic carbocycles. The van der Waals surface area contributed by atoms with Crippen molar-refractivity contribution in [3.63, 3.8) is 0 Å². The summed E-state index contributed by atoms with van der Waals surface area (Å²) in [5.41, 5.74) is 2.47. The second-order valence-electron chi connectivity index (χ2n) is 7.89. The Kier molecular flexibility index (Phi) is 5.37. The average molecular weight is 389 g/mol. The van der Waals surface area contributed by atoms with Crippen molar-refractivity contribution in [2.75, 3.05) is 26.2 Å². The molecule has 1 amide bonds. The third kappa shape index (κ3) is 3.97. The van der Waals surface area contributed by atoms with E-state index < -0.39 is 10.0 Å². The van der Waals surface area contributed by atoms with Crippen molar-refractivity contribution in [3.8, 4) is 0 Å². The number of hydrogen-bond acceptors (Lipinski definition) is 3. The maximum atomic E-state index is 13.0. The molecule has 0 N–H and O–H groups in total. The normalized spacial score (nSPS) is 23.4. The monoisotopic (exact) mass is 388 g/mol. The van der Waals surface area contributed by atoms with Crippen molar-refractivity contribution >= 4 is 15.9 Å². The minimum absolute atomic E-state index is 0.150. The molecule has 1 aromatic carbocycles. The molecule has 3 aliphatic rings. The fraction of sp³-hybridized carbons (Fsp3) is 0.571. The molecule has 0 radical (unpaired) electrons. The van der Waals surface area contributed by atoms with Gasteiger partial charge in [0.25, 0.3) is 0 Å². The van der Waals surface area contributed by atoms with E-state index in [1.165, 1.54) is 21.9 Å². The van der Waals surface area contributed by atoms with Gasteiger partial charge in [-0.25, -0.2) is 8.42 Å². The molecule has 1 aliphatic heterocycles. The van der Waals surface area contributed by atoms with Gasteiger partial charge < -0.3 is 4.90 Å². The van der Waals surface area contributed by atoms with Gasteiger partial charge >= 0.3 is 0 Å². The number of rotatable bonds is 4. The zero-order valence-electron chi connectivity index (χ0n) is 15.8. The van der Waals surface area contributed by atoms with Crippen LogP contribution in [0.3, 0.4) is 0 Å². The first kappa shape index (κ1) is 18.7. The maximum absolute atomic E-state index is 13.0. The second kappa shape index (κ2) is 7.76. The number of piperazine rings is 1. The largest absolute Gasteiger partial charge is 0.340 e. The maximum Gasteiger partial charge on any atom is 0.243 e. The van der Waals surface area contributed by atoms with Gasteiger partial charge in [-0.15, -0.1) is 0 Å². The molecule has 0 saturated carbocycles. The molecule has 1 aromatic rings. The fourth-order valence-corrected chi connectivity index (χ4v) is 5.89. The highest BCUT2D eigenvalue weighted by Crippen LogP contribution is 2.27. The van der Waals surface area contributed by atoms with Crippen LogP contribution >= 0.6 is 0 Å². The summed E-state index contributed by atoms with van der Waals surface area (Å²) < 4.78 is 27.6. The minimum atomic E-state index is -3.48. The van der Waals surface area contributed by atoms with Gasteiger partial charge in [0.1, 0.15) is 0 Å². The van der Waals surface area contributed by atoms with Gasteiger partial charge in [0, 0.05) is 32.6 Å². The predicted octanol–water partition coefficient (Wildman–Crippen LogP) is 2.75. The Bertz CT molecular complexity index is 839. The first-order chi connectivity index (χ1) is 13.0. The van der Waals surface area contributed by atoms with Crippen LogP contribution in [0.5, 0.6) is 0 Å². The molecule has 0 bridgehead atoms.